The Labute approximate surface area is 125 Å². The molecule has 0 aromatic heterocycles. The van der Waals surface area contributed by atoms with E-state index in [-0.39, 0.29) is 18.0 Å². The Kier molecular flexibility index (Phi) is 7.78. The lowest BCUT2D eigenvalue weighted by atomic mass is 9.92. The van der Waals surface area contributed by atoms with Crippen LogP contribution in [0.5, 0.6) is 0 Å². The third-order valence-electron chi connectivity index (χ3n) is 3.51. The van der Waals surface area contributed by atoms with Gasteiger partial charge >= 0.3 is 0 Å². The molecule has 0 heterocycles. The van der Waals surface area contributed by atoms with Crippen molar-refractivity contribution in [2.24, 2.45) is 11.7 Å². The first-order valence-electron chi connectivity index (χ1n) is 7.22. The number of carbonyl (C=O) groups excluding carboxylic acids is 1. The highest BCUT2D eigenvalue weighted by Crippen LogP contribution is 2.21. The zero-order chi connectivity index (χ0) is 15.0. The van der Waals surface area contributed by atoms with Gasteiger partial charge in [0.2, 0.25) is 0 Å². The lowest BCUT2D eigenvalue weighted by Gasteiger charge is -2.14. The molecule has 1 atom stereocenters. The number of Topliss-reactive ketones (excluding diaryl/α,β-unsaturated/α-hetero) is 1. The third-order valence-corrected chi connectivity index (χ3v) is 3.86. The van der Waals surface area contributed by atoms with Gasteiger partial charge in [0, 0.05) is 17.9 Å². The molecule has 0 aliphatic carbocycles. The number of hydrogen-bond acceptors (Lipinski definition) is 2. The van der Waals surface area contributed by atoms with E-state index in [1.165, 1.54) is 12.1 Å². The summed E-state index contributed by atoms with van der Waals surface area (Å²) in [5.41, 5.74) is 6.28. The highest BCUT2D eigenvalue weighted by Gasteiger charge is 2.12. The molecule has 1 unspecified atom stereocenters. The van der Waals surface area contributed by atoms with E-state index in [1.807, 2.05) is 0 Å². The van der Waals surface area contributed by atoms with Gasteiger partial charge in [0.1, 0.15) is 11.6 Å². The molecule has 0 spiro atoms. The van der Waals surface area contributed by atoms with Gasteiger partial charge in [-0.15, -0.1) is 0 Å². The lowest BCUT2D eigenvalue weighted by molar-refractivity contribution is -0.118. The summed E-state index contributed by atoms with van der Waals surface area (Å²) in [5.74, 6) is 0.298. The largest absolute Gasteiger partial charge is 0.330 e. The van der Waals surface area contributed by atoms with Crippen molar-refractivity contribution >= 4 is 17.4 Å². The van der Waals surface area contributed by atoms with Crippen molar-refractivity contribution in [3.05, 3.63) is 34.6 Å². The normalized spacial score (nSPS) is 12.4. The highest BCUT2D eigenvalue weighted by atomic mass is 35.5. The number of carbonyl (C=O) groups is 1. The summed E-state index contributed by atoms with van der Waals surface area (Å²) in [6.07, 6.45) is 4.89. The Hall–Kier alpha value is -0.930. The van der Waals surface area contributed by atoms with Gasteiger partial charge in [-0.1, -0.05) is 37.4 Å². The summed E-state index contributed by atoms with van der Waals surface area (Å²) in [5, 5.41) is 0.324. The van der Waals surface area contributed by atoms with Crippen LogP contribution in [0, 0.1) is 11.7 Å². The topological polar surface area (TPSA) is 43.1 Å². The van der Waals surface area contributed by atoms with Crippen molar-refractivity contribution in [2.45, 2.75) is 45.4 Å². The Morgan fingerprint density at radius 1 is 1.35 bits per heavy atom. The van der Waals surface area contributed by atoms with Gasteiger partial charge in [0.25, 0.3) is 0 Å². The van der Waals surface area contributed by atoms with E-state index in [9.17, 15) is 9.18 Å². The van der Waals surface area contributed by atoms with Gasteiger partial charge in [-0.3, -0.25) is 4.79 Å². The van der Waals surface area contributed by atoms with Gasteiger partial charge in [-0.2, -0.15) is 0 Å². The lowest BCUT2D eigenvalue weighted by Crippen LogP contribution is -2.12. The molecule has 0 saturated heterocycles. The standard InChI is InChI=1S/C16H23ClFNO/c1-2-3-12(8-9-19)4-7-15(20)10-13-5-6-14(18)11-16(13)17/h5-6,11-12H,2-4,7-10,19H2,1H3. The van der Waals surface area contributed by atoms with E-state index in [2.05, 4.69) is 6.92 Å². The summed E-state index contributed by atoms with van der Waals surface area (Å²) in [6.45, 7) is 2.81. The number of nitrogens with two attached hydrogens (primary N) is 1. The maximum Gasteiger partial charge on any atom is 0.137 e. The van der Waals surface area contributed by atoms with Crippen LogP contribution in [0.4, 0.5) is 4.39 Å². The molecule has 0 saturated carbocycles. The van der Waals surface area contributed by atoms with Crippen LogP contribution in [0.2, 0.25) is 5.02 Å². The molecule has 0 bridgehead atoms. The smallest absolute Gasteiger partial charge is 0.137 e. The van der Waals surface area contributed by atoms with Crippen LogP contribution in [0.25, 0.3) is 0 Å². The Bertz CT molecular complexity index is 430. The summed E-state index contributed by atoms with van der Waals surface area (Å²) >= 11 is 5.93. The van der Waals surface area contributed by atoms with Crippen LogP contribution in [-0.4, -0.2) is 12.3 Å². The summed E-state index contributed by atoms with van der Waals surface area (Å²) < 4.78 is 12.9. The fourth-order valence-corrected chi connectivity index (χ4v) is 2.64. The molecule has 0 radical (unpaired) electrons. The van der Waals surface area contributed by atoms with E-state index >= 15 is 0 Å². The minimum atomic E-state index is -0.378. The van der Waals surface area contributed by atoms with E-state index in [0.29, 0.717) is 29.5 Å². The van der Waals surface area contributed by atoms with E-state index < -0.39 is 0 Å². The van der Waals surface area contributed by atoms with Crippen molar-refractivity contribution in [1.29, 1.82) is 0 Å². The van der Waals surface area contributed by atoms with E-state index in [4.69, 9.17) is 17.3 Å². The van der Waals surface area contributed by atoms with Gasteiger partial charge in [-0.25, -0.2) is 4.39 Å². The molecule has 0 amide bonds. The minimum absolute atomic E-state index is 0.150. The fourth-order valence-electron chi connectivity index (χ4n) is 2.41. The van der Waals surface area contributed by atoms with Gasteiger partial charge in [-0.05, 0) is 43.0 Å². The highest BCUT2D eigenvalue weighted by molar-refractivity contribution is 6.31. The zero-order valence-electron chi connectivity index (χ0n) is 12.0. The minimum Gasteiger partial charge on any atom is -0.330 e. The second-order valence-electron chi connectivity index (χ2n) is 5.22. The number of ketones is 1. The maximum atomic E-state index is 12.9. The summed E-state index contributed by atoms with van der Waals surface area (Å²) in [4.78, 5) is 12.0. The summed E-state index contributed by atoms with van der Waals surface area (Å²) in [6, 6.07) is 4.17. The SMILES string of the molecule is CCCC(CCN)CCC(=O)Cc1ccc(F)cc1Cl. The van der Waals surface area contributed by atoms with Crippen LogP contribution in [0.1, 0.15) is 44.6 Å². The van der Waals surface area contributed by atoms with Crippen molar-refractivity contribution in [1.82, 2.24) is 0 Å². The molecule has 0 aliphatic heterocycles. The molecule has 1 aromatic carbocycles. The van der Waals surface area contributed by atoms with Crippen molar-refractivity contribution in [2.75, 3.05) is 6.54 Å². The maximum absolute atomic E-state index is 12.9. The molecular formula is C16H23ClFNO. The Morgan fingerprint density at radius 2 is 2.10 bits per heavy atom. The predicted octanol–water partition coefficient (Wildman–Crippen LogP) is 4.14. The molecular weight excluding hydrogens is 277 g/mol. The second kappa shape index (κ2) is 9.09. The Morgan fingerprint density at radius 3 is 2.70 bits per heavy atom. The fraction of sp³-hybridized carbons (Fsp3) is 0.562. The second-order valence-corrected chi connectivity index (χ2v) is 5.63. The van der Waals surface area contributed by atoms with Crippen molar-refractivity contribution in [3.8, 4) is 0 Å². The van der Waals surface area contributed by atoms with Crippen molar-refractivity contribution < 1.29 is 9.18 Å². The van der Waals surface area contributed by atoms with Crippen molar-refractivity contribution in [3.63, 3.8) is 0 Å². The third kappa shape index (κ3) is 6.02. The quantitative estimate of drug-likeness (QED) is 0.745. The first-order chi connectivity index (χ1) is 9.56. The average Bonchev–Trinajstić information content (AvgIpc) is 2.40. The molecule has 1 aromatic rings. The van der Waals surface area contributed by atoms with Crippen LogP contribution < -0.4 is 5.73 Å². The molecule has 0 fully saturated rings. The average molecular weight is 300 g/mol. The molecule has 112 valence electrons. The van der Waals surface area contributed by atoms with Gasteiger partial charge in [0.15, 0.2) is 0 Å². The molecule has 4 heteroatoms. The summed E-state index contributed by atoms with van der Waals surface area (Å²) in [7, 11) is 0. The number of hydrogen-bond donors (Lipinski definition) is 1. The molecule has 1 rings (SSSR count). The van der Waals surface area contributed by atoms with Crippen LogP contribution >= 0.6 is 11.6 Å². The van der Waals surface area contributed by atoms with E-state index in [1.54, 1.807) is 6.07 Å². The first kappa shape index (κ1) is 17.1. The molecule has 0 aliphatic rings. The monoisotopic (exact) mass is 299 g/mol. The van der Waals surface area contributed by atoms with Gasteiger partial charge in [0.05, 0.1) is 0 Å². The number of halogens is 2. The molecule has 20 heavy (non-hydrogen) atoms. The van der Waals surface area contributed by atoms with Crippen LogP contribution in [0.15, 0.2) is 18.2 Å². The van der Waals surface area contributed by atoms with Crippen LogP contribution in [-0.2, 0) is 11.2 Å². The zero-order valence-corrected chi connectivity index (χ0v) is 12.8. The number of benzene rings is 1. The predicted molar refractivity (Wildman–Crippen MR) is 81.4 cm³/mol. The van der Waals surface area contributed by atoms with Gasteiger partial charge < -0.3 is 5.73 Å². The van der Waals surface area contributed by atoms with E-state index in [0.717, 1.165) is 25.7 Å². The molecule has 2 N–H and O–H groups in total. The molecule has 2 nitrogen and oxygen atoms in total. The van der Waals surface area contributed by atoms with Crippen LogP contribution in [0.3, 0.4) is 0 Å². The Balaban J connectivity index is 2.46. The first-order valence-corrected chi connectivity index (χ1v) is 7.60. The number of rotatable bonds is 9.